The molecule has 0 bridgehead atoms. The van der Waals surface area contributed by atoms with Crippen LogP contribution in [0, 0.1) is 0 Å². The van der Waals surface area contributed by atoms with E-state index >= 15 is 0 Å². The van der Waals surface area contributed by atoms with E-state index in [0.717, 1.165) is 25.9 Å². The van der Waals surface area contributed by atoms with Gasteiger partial charge >= 0.3 is 0 Å². The lowest BCUT2D eigenvalue weighted by atomic mass is 9.92. The molecule has 1 heterocycles. The van der Waals surface area contributed by atoms with Gasteiger partial charge in [0, 0.05) is 12.0 Å². The monoisotopic (exact) mass is 266 g/mol. The summed E-state index contributed by atoms with van der Waals surface area (Å²) in [5.41, 5.74) is 8.06. The van der Waals surface area contributed by atoms with E-state index in [1.807, 2.05) is 0 Å². The highest BCUT2D eigenvalue weighted by atomic mass is 16.1. The first-order valence-corrected chi connectivity index (χ1v) is 7.06. The molecule has 3 N–H and O–H groups in total. The highest BCUT2D eigenvalue weighted by molar-refractivity contribution is 5.80. The molecule has 1 saturated heterocycles. The Hall–Kier alpha value is -1.36. The molecule has 0 aromatic heterocycles. The van der Waals surface area contributed by atoms with Gasteiger partial charge in [-0.05, 0) is 45.7 Å². The van der Waals surface area contributed by atoms with Gasteiger partial charge in [-0.25, -0.2) is 5.43 Å². The van der Waals surface area contributed by atoms with Crippen molar-refractivity contribution in [3.05, 3.63) is 12.2 Å². The molecular formula is C14H26N4O. The van der Waals surface area contributed by atoms with Gasteiger partial charge in [0.25, 0.3) is 0 Å². The van der Waals surface area contributed by atoms with Gasteiger partial charge in [0.2, 0.25) is 6.41 Å². The largest absolute Gasteiger partial charge is 0.386 e. The van der Waals surface area contributed by atoms with Crippen molar-refractivity contribution in [2.24, 2.45) is 10.8 Å². The number of rotatable bonds is 8. The van der Waals surface area contributed by atoms with Crippen LogP contribution < -0.4 is 11.2 Å². The van der Waals surface area contributed by atoms with Gasteiger partial charge in [0.15, 0.2) is 0 Å². The smallest absolute Gasteiger partial charge is 0.227 e. The van der Waals surface area contributed by atoms with Gasteiger partial charge < -0.3 is 5.73 Å². The van der Waals surface area contributed by atoms with Gasteiger partial charge in [0.05, 0.1) is 0 Å². The standard InChI is InChI=1S/C14H26N4O/c1-3-4-8-14(2,18-10-5-6-11-18)9-7-13(15)17-16-12-19/h4,8,12H,3,5-7,9-11H2,1-2H3,(H2,15,17)(H,16,19)/b8-4-. The fraction of sp³-hybridized carbons (Fsp3) is 0.714. The second kappa shape index (κ2) is 7.94. The lowest BCUT2D eigenvalue weighted by Crippen LogP contribution is -2.43. The van der Waals surface area contributed by atoms with Crippen LogP contribution in [-0.4, -0.2) is 35.8 Å². The fourth-order valence-electron chi connectivity index (χ4n) is 2.49. The maximum absolute atomic E-state index is 10.2. The molecule has 0 aromatic rings. The molecule has 0 aliphatic carbocycles. The number of nitrogens with zero attached hydrogens (tertiary/aromatic N) is 2. The van der Waals surface area contributed by atoms with Gasteiger partial charge in [0.1, 0.15) is 5.84 Å². The minimum absolute atomic E-state index is 0.0355. The summed E-state index contributed by atoms with van der Waals surface area (Å²) in [5, 5.41) is 3.79. The first-order chi connectivity index (χ1) is 9.12. The van der Waals surface area contributed by atoms with Crippen molar-refractivity contribution in [1.82, 2.24) is 10.3 Å². The van der Waals surface area contributed by atoms with Gasteiger partial charge in [-0.2, -0.15) is 5.10 Å². The summed E-state index contributed by atoms with van der Waals surface area (Å²) < 4.78 is 0. The van der Waals surface area contributed by atoms with Crippen molar-refractivity contribution < 1.29 is 4.79 Å². The Morgan fingerprint density at radius 1 is 1.47 bits per heavy atom. The molecular weight excluding hydrogens is 240 g/mol. The minimum Gasteiger partial charge on any atom is -0.386 e. The summed E-state index contributed by atoms with van der Waals surface area (Å²) in [4.78, 5) is 12.7. The van der Waals surface area contributed by atoms with E-state index in [1.165, 1.54) is 12.8 Å². The van der Waals surface area contributed by atoms with Gasteiger partial charge in [-0.15, -0.1) is 0 Å². The van der Waals surface area contributed by atoms with E-state index in [2.05, 4.69) is 41.4 Å². The number of nitrogens with two attached hydrogens (primary N) is 1. The quantitative estimate of drug-likeness (QED) is 0.230. The van der Waals surface area contributed by atoms with E-state index in [1.54, 1.807) is 0 Å². The maximum atomic E-state index is 10.2. The number of hydrazone groups is 1. The molecule has 1 amide bonds. The summed E-state index contributed by atoms with van der Waals surface area (Å²) in [6.45, 7) is 6.69. The number of amidine groups is 1. The number of hydrogen-bond donors (Lipinski definition) is 2. The second-order valence-corrected chi connectivity index (χ2v) is 5.21. The van der Waals surface area contributed by atoms with Crippen LogP contribution in [0.25, 0.3) is 0 Å². The molecule has 1 atom stereocenters. The number of hydrogen-bond acceptors (Lipinski definition) is 3. The zero-order valence-corrected chi connectivity index (χ0v) is 12.1. The van der Waals surface area contributed by atoms with Gasteiger partial charge in [-0.3, -0.25) is 9.69 Å². The lowest BCUT2D eigenvalue weighted by molar-refractivity contribution is -0.109. The summed E-state index contributed by atoms with van der Waals surface area (Å²) in [7, 11) is 0. The van der Waals surface area contributed by atoms with Crippen molar-refractivity contribution in [3.8, 4) is 0 Å². The van der Waals surface area contributed by atoms with E-state index in [4.69, 9.17) is 5.73 Å². The SMILES string of the molecule is CC/C=C\C(C)(CC/C(N)=N\NC=O)N1CCCC1. The molecule has 0 spiro atoms. The van der Waals surface area contributed by atoms with Crippen molar-refractivity contribution in [3.63, 3.8) is 0 Å². The molecule has 5 heteroatoms. The third-order valence-electron chi connectivity index (χ3n) is 3.69. The highest BCUT2D eigenvalue weighted by Gasteiger charge is 2.30. The molecule has 1 aliphatic rings. The number of carbonyl (C=O) groups excluding carboxylic acids is 1. The van der Waals surface area contributed by atoms with Crippen LogP contribution in [0.5, 0.6) is 0 Å². The normalized spacial score (nSPS) is 20.6. The van der Waals surface area contributed by atoms with Crippen molar-refractivity contribution >= 4 is 12.2 Å². The van der Waals surface area contributed by atoms with E-state index in [-0.39, 0.29) is 5.54 Å². The molecule has 0 saturated carbocycles. The average molecular weight is 266 g/mol. The lowest BCUT2D eigenvalue weighted by Gasteiger charge is -2.36. The van der Waals surface area contributed by atoms with Crippen LogP contribution in [0.1, 0.15) is 46.0 Å². The molecule has 5 nitrogen and oxygen atoms in total. The number of amides is 1. The maximum Gasteiger partial charge on any atom is 0.227 e. The van der Waals surface area contributed by atoms with Crippen molar-refractivity contribution in [1.29, 1.82) is 0 Å². The fourth-order valence-corrected chi connectivity index (χ4v) is 2.49. The zero-order chi connectivity index (χ0) is 14.1. The number of allylic oxidation sites excluding steroid dienone is 1. The van der Waals surface area contributed by atoms with Crippen molar-refractivity contribution in [2.45, 2.75) is 51.5 Å². The van der Waals surface area contributed by atoms with E-state index < -0.39 is 0 Å². The number of likely N-dealkylation sites (tertiary alicyclic amines) is 1. The summed E-state index contributed by atoms with van der Waals surface area (Å²) in [6.07, 6.45) is 10.2. The van der Waals surface area contributed by atoms with Gasteiger partial charge in [-0.1, -0.05) is 19.1 Å². The molecule has 1 unspecified atom stereocenters. The summed E-state index contributed by atoms with van der Waals surface area (Å²) >= 11 is 0. The van der Waals surface area contributed by atoms with Crippen LogP contribution in [0.2, 0.25) is 0 Å². The first-order valence-electron chi connectivity index (χ1n) is 7.06. The molecule has 0 radical (unpaired) electrons. The Kier molecular flexibility index (Phi) is 6.56. The predicted molar refractivity (Wildman–Crippen MR) is 78.7 cm³/mol. The summed E-state index contributed by atoms with van der Waals surface area (Å²) in [5.74, 6) is 0.474. The molecule has 1 rings (SSSR count). The predicted octanol–water partition coefficient (Wildman–Crippen LogP) is 1.61. The number of carbonyl (C=O) groups is 1. The zero-order valence-electron chi connectivity index (χ0n) is 12.1. The van der Waals surface area contributed by atoms with Crippen LogP contribution in [0.15, 0.2) is 17.3 Å². The Morgan fingerprint density at radius 2 is 2.16 bits per heavy atom. The molecule has 108 valence electrons. The number of nitrogens with one attached hydrogen (secondary N) is 1. The van der Waals surface area contributed by atoms with E-state index in [9.17, 15) is 4.79 Å². The molecule has 1 fully saturated rings. The molecule has 0 aromatic carbocycles. The van der Waals surface area contributed by atoms with E-state index in [0.29, 0.717) is 18.7 Å². The Labute approximate surface area is 115 Å². The summed E-state index contributed by atoms with van der Waals surface area (Å²) in [6, 6.07) is 0. The van der Waals surface area contributed by atoms with Crippen LogP contribution >= 0.6 is 0 Å². The topological polar surface area (TPSA) is 70.7 Å². The third kappa shape index (κ3) is 5.03. The Bertz CT molecular complexity index is 334. The van der Waals surface area contributed by atoms with Crippen molar-refractivity contribution in [2.75, 3.05) is 13.1 Å². The minimum atomic E-state index is 0.0355. The average Bonchev–Trinajstić information content (AvgIpc) is 2.95. The third-order valence-corrected chi connectivity index (χ3v) is 3.69. The highest BCUT2D eigenvalue weighted by Crippen LogP contribution is 2.27. The first kappa shape index (κ1) is 15.7. The Morgan fingerprint density at radius 3 is 2.74 bits per heavy atom. The Balaban J connectivity index is 2.63. The van der Waals surface area contributed by atoms with Crippen LogP contribution in [-0.2, 0) is 4.79 Å². The molecule has 1 aliphatic heterocycles. The van der Waals surface area contributed by atoms with Crippen LogP contribution in [0.4, 0.5) is 0 Å². The molecule has 19 heavy (non-hydrogen) atoms. The van der Waals surface area contributed by atoms with Crippen LogP contribution in [0.3, 0.4) is 0 Å². The second-order valence-electron chi connectivity index (χ2n) is 5.21.